The second-order valence-electron chi connectivity index (χ2n) is 5.77. The number of carbonyl (C=O) groups excluding carboxylic acids is 1. The van der Waals surface area contributed by atoms with Crippen LogP contribution in [0.3, 0.4) is 0 Å². The molecule has 1 aromatic carbocycles. The Labute approximate surface area is 141 Å². The Morgan fingerprint density at radius 1 is 1.23 bits per heavy atom. The van der Waals surface area contributed by atoms with E-state index in [1.165, 1.54) is 0 Å². The number of rotatable bonds is 5. The summed E-state index contributed by atoms with van der Waals surface area (Å²) in [5.74, 6) is -0.0544. The van der Waals surface area contributed by atoms with Crippen molar-refractivity contribution in [3.8, 4) is 0 Å². The molecule has 0 saturated carbocycles. The van der Waals surface area contributed by atoms with E-state index in [1.807, 2.05) is 19.0 Å². The summed E-state index contributed by atoms with van der Waals surface area (Å²) < 4.78 is 5.41. The summed E-state index contributed by atoms with van der Waals surface area (Å²) in [4.78, 5) is 16.9. The van der Waals surface area contributed by atoms with Gasteiger partial charge in [0.2, 0.25) is 0 Å². The van der Waals surface area contributed by atoms with Crippen LogP contribution < -0.4 is 0 Å². The number of benzene rings is 1. The summed E-state index contributed by atoms with van der Waals surface area (Å²) in [6, 6.07) is 5.20. The highest BCUT2D eigenvalue weighted by molar-refractivity contribution is 6.35. The Hall–Kier alpha value is -0.810. The Morgan fingerprint density at radius 2 is 1.91 bits per heavy atom. The van der Waals surface area contributed by atoms with Gasteiger partial charge in [-0.25, -0.2) is 0 Å². The Bertz CT molecular complexity index is 517. The molecule has 1 fully saturated rings. The van der Waals surface area contributed by atoms with Gasteiger partial charge in [0, 0.05) is 37.4 Å². The molecule has 0 radical (unpaired) electrons. The first-order valence-electron chi connectivity index (χ1n) is 7.47. The fraction of sp³-hybridized carbons (Fsp3) is 0.562. The molecular weight excluding hydrogens is 323 g/mol. The molecule has 1 aliphatic heterocycles. The van der Waals surface area contributed by atoms with E-state index < -0.39 is 0 Å². The van der Waals surface area contributed by atoms with Gasteiger partial charge in [0.25, 0.3) is 5.91 Å². The van der Waals surface area contributed by atoms with Crippen molar-refractivity contribution < 1.29 is 9.53 Å². The van der Waals surface area contributed by atoms with Gasteiger partial charge in [-0.1, -0.05) is 23.2 Å². The van der Waals surface area contributed by atoms with Crippen LogP contribution in [-0.4, -0.2) is 62.1 Å². The lowest BCUT2D eigenvalue weighted by molar-refractivity contribution is 0.0276. The second kappa shape index (κ2) is 8.16. The topological polar surface area (TPSA) is 32.8 Å². The first kappa shape index (κ1) is 17.5. The van der Waals surface area contributed by atoms with Crippen LogP contribution in [0.4, 0.5) is 0 Å². The van der Waals surface area contributed by atoms with Crippen LogP contribution in [0, 0.1) is 0 Å². The molecule has 2 rings (SSSR count). The van der Waals surface area contributed by atoms with Crippen molar-refractivity contribution in [2.75, 3.05) is 40.4 Å². The lowest BCUT2D eigenvalue weighted by atomic mass is 10.1. The molecule has 0 spiro atoms. The van der Waals surface area contributed by atoms with Crippen molar-refractivity contribution >= 4 is 29.1 Å². The van der Waals surface area contributed by atoms with Gasteiger partial charge < -0.3 is 14.5 Å². The Morgan fingerprint density at radius 3 is 2.55 bits per heavy atom. The fourth-order valence-corrected chi connectivity index (χ4v) is 2.94. The summed E-state index contributed by atoms with van der Waals surface area (Å²) in [7, 11) is 4.00. The number of ether oxygens (including phenoxy) is 1. The van der Waals surface area contributed by atoms with Gasteiger partial charge in [0.15, 0.2) is 0 Å². The van der Waals surface area contributed by atoms with Crippen molar-refractivity contribution in [1.29, 1.82) is 0 Å². The maximum absolute atomic E-state index is 13.0. The van der Waals surface area contributed by atoms with E-state index in [0.29, 0.717) is 35.4 Å². The SMILES string of the molecule is CN(C)CCN(C(=O)c1cc(Cl)ccc1Cl)C1CCOCC1. The Balaban J connectivity index is 2.22. The first-order valence-corrected chi connectivity index (χ1v) is 8.23. The minimum absolute atomic E-state index is 0.0544. The second-order valence-corrected chi connectivity index (χ2v) is 6.61. The van der Waals surface area contributed by atoms with Gasteiger partial charge >= 0.3 is 0 Å². The summed E-state index contributed by atoms with van der Waals surface area (Å²) in [6.07, 6.45) is 1.72. The summed E-state index contributed by atoms with van der Waals surface area (Å²) >= 11 is 12.2. The molecule has 0 aromatic heterocycles. The highest BCUT2D eigenvalue weighted by Crippen LogP contribution is 2.24. The van der Waals surface area contributed by atoms with E-state index in [-0.39, 0.29) is 11.9 Å². The largest absolute Gasteiger partial charge is 0.381 e. The van der Waals surface area contributed by atoms with Crippen LogP contribution in [0.15, 0.2) is 18.2 Å². The van der Waals surface area contributed by atoms with Gasteiger partial charge in [0.1, 0.15) is 0 Å². The lowest BCUT2D eigenvalue weighted by Gasteiger charge is -2.35. The number of amides is 1. The van der Waals surface area contributed by atoms with Gasteiger partial charge in [-0.2, -0.15) is 0 Å². The van der Waals surface area contributed by atoms with Crippen molar-refractivity contribution in [1.82, 2.24) is 9.80 Å². The average molecular weight is 345 g/mol. The maximum atomic E-state index is 13.0. The zero-order chi connectivity index (χ0) is 16.1. The van der Waals surface area contributed by atoms with Crippen molar-refractivity contribution in [2.45, 2.75) is 18.9 Å². The van der Waals surface area contributed by atoms with E-state index >= 15 is 0 Å². The normalized spacial score (nSPS) is 16.0. The highest BCUT2D eigenvalue weighted by atomic mass is 35.5. The van der Waals surface area contributed by atoms with E-state index in [4.69, 9.17) is 27.9 Å². The molecule has 1 aliphatic rings. The van der Waals surface area contributed by atoms with E-state index in [1.54, 1.807) is 18.2 Å². The van der Waals surface area contributed by atoms with Gasteiger partial charge in [0.05, 0.1) is 10.6 Å². The standard InChI is InChI=1S/C16H22Cl2N2O2/c1-19(2)7-8-20(13-5-9-22-10-6-13)16(21)14-11-12(17)3-4-15(14)18/h3-4,11,13H,5-10H2,1-2H3. The lowest BCUT2D eigenvalue weighted by Crippen LogP contribution is -2.46. The number of halogens is 2. The van der Waals surface area contributed by atoms with Crippen LogP contribution in [-0.2, 0) is 4.74 Å². The van der Waals surface area contributed by atoms with Gasteiger partial charge in [-0.15, -0.1) is 0 Å². The molecule has 4 nitrogen and oxygen atoms in total. The van der Waals surface area contributed by atoms with Crippen LogP contribution >= 0.6 is 23.2 Å². The van der Waals surface area contributed by atoms with Crippen LogP contribution in [0.1, 0.15) is 23.2 Å². The highest BCUT2D eigenvalue weighted by Gasteiger charge is 2.27. The molecule has 1 amide bonds. The summed E-state index contributed by atoms with van der Waals surface area (Å²) in [5.41, 5.74) is 0.472. The third kappa shape index (κ3) is 4.59. The van der Waals surface area contributed by atoms with E-state index in [0.717, 1.165) is 19.4 Å². The average Bonchev–Trinajstić information content (AvgIpc) is 2.50. The number of likely N-dealkylation sites (N-methyl/N-ethyl adjacent to an activating group) is 1. The minimum Gasteiger partial charge on any atom is -0.381 e. The molecule has 122 valence electrons. The van der Waals surface area contributed by atoms with Crippen LogP contribution in [0.25, 0.3) is 0 Å². The summed E-state index contributed by atoms with van der Waals surface area (Å²) in [5, 5.41) is 0.962. The van der Waals surface area contributed by atoms with Crippen LogP contribution in [0.5, 0.6) is 0 Å². The third-order valence-corrected chi connectivity index (χ3v) is 4.40. The predicted octanol–water partition coefficient (Wildman–Crippen LogP) is 3.18. The zero-order valence-electron chi connectivity index (χ0n) is 13.0. The van der Waals surface area contributed by atoms with Crippen molar-refractivity contribution in [3.05, 3.63) is 33.8 Å². The quantitative estimate of drug-likeness (QED) is 0.822. The van der Waals surface area contributed by atoms with Gasteiger partial charge in [-0.3, -0.25) is 4.79 Å². The van der Waals surface area contributed by atoms with Gasteiger partial charge in [-0.05, 0) is 45.1 Å². The first-order chi connectivity index (χ1) is 10.5. The number of hydrogen-bond donors (Lipinski definition) is 0. The molecule has 0 bridgehead atoms. The fourth-order valence-electron chi connectivity index (χ4n) is 2.57. The molecular formula is C16H22Cl2N2O2. The maximum Gasteiger partial charge on any atom is 0.255 e. The molecule has 0 N–H and O–H groups in total. The third-order valence-electron chi connectivity index (χ3n) is 3.84. The van der Waals surface area contributed by atoms with Crippen LogP contribution in [0.2, 0.25) is 10.0 Å². The molecule has 1 aromatic rings. The molecule has 22 heavy (non-hydrogen) atoms. The minimum atomic E-state index is -0.0544. The smallest absolute Gasteiger partial charge is 0.255 e. The molecule has 1 saturated heterocycles. The van der Waals surface area contributed by atoms with E-state index in [9.17, 15) is 4.79 Å². The number of hydrogen-bond acceptors (Lipinski definition) is 3. The predicted molar refractivity (Wildman–Crippen MR) is 89.9 cm³/mol. The molecule has 1 heterocycles. The molecule has 0 unspecified atom stereocenters. The Kier molecular flexibility index (Phi) is 6.50. The monoisotopic (exact) mass is 344 g/mol. The molecule has 0 atom stereocenters. The van der Waals surface area contributed by atoms with Crippen molar-refractivity contribution in [2.24, 2.45) is 0 Å². The van der Waals surface area contributed by atoms with Crippen molar-refractivity contribution in [3.63, 3.8) is 0 Å². The molecule has 0 aliphatic carbocycles. The number of nitrogens with zero attached hydrogens (tertiary/aromatic N) is 2. The summed E-state index contributed by atoms with van der Waals surface area (Å²) in [6.45, 7) is 2.86. The van der Waals surface area contributed by atoms with E-state index in [2.05, 4.69) is 4.90 Å². The zero-order valence-corrected chi connectivity index (χ0v) is 14.5. The molecule has 6 heteroatoms. The number of carbonyl (C=O) groups is 1.